The van der Waals surface area contributed by atoms with Crippen LogP contribution in [0.4, 0.5) is 32.0 Å². The van der Waals surface area contributed by atoms with Crippen LogP contribution in [-0.4, -0.2) is 15.7 Å². The van der Waals surface area contributed by atoms with Crippen molar-refractivity contribution in [3.05, 3.63) is 76.6 Å². The molecule has 1 aromatic heterocycles. The van der Waals surface area contributed by atoms with Gasteiger partial charge in [0.25, 0.3) is 5.91 Å². The number of carbonyl (C=O) groups is 1. The minimum Gasteiger partial charge on any atom is -0.322 e. The third-order valence-corrected chi connectivity index (χ3v) is 4.33. The van der Waals surface area contributed by atoms with E-state index in [4.69, 9.17) is 0 Å². The molecule has 0 aliphatic rings. The molecule has 4 nitrogen and oxygen atoms in total. The molecule has 0 spiro atoms. The first-order chi connectivity index (χ1) is 13.9. The fraction of sp³-hybridized carbons (Fsp3) is 0.200. The molecular weight excluding hydrogens is 412 g/mol. The lowest BCUT2D eigenvalue weighted by Crippen LogP contribution is -2.21. The summed E-state index contributed by atoms with van der Waals surface area (Å²) < 4.78 is 80.3. The Hall–Kier alpha value is -3.30. The van der Waals surface area contributed by atoms with Gasteiger partial charge >= 0.3 is 12.4 Å². The van der Waals surface area contributed by atoms with Gasteiger partial charge in [-0.1, -0.05) is 23.8 Å². The highest BCUT2D eigenvalue weighted by molar-refractivity contribution is 6.05. The van der Waals surface area contributed by atoms with Gasteiger partial charge in [-0.3, -0.25) is 4.79 Å². The van der Waals surface area contributed by atoms with Crippen molar-refractivity contribution in [3.8, 4) is 5.69 Å². The van der Waals surface area contributed by atoms with Crippen molar-refractivity contribution in [1.29, 1.82) is 0 Å². The molecule has 0 saturated heterocycles. The summed E-state index contributed by atoms with van der Waals surface area (Å²) in [6.07, 6.45) is -9.10. The fourth-order valence-corrected chi connectivity index (χ4v) is 2.94. The average molecular weight is 427 g/mol. The molecule has 3 aromatic rings. The van der Waals surface area contributed by atoms with Gasteiger partial charge in [-0.2, -0.15) is 31.4 Å². The molecule has 0 unspecified atom stereocenters. The van der Waals surface area contributed by atoms with E-state index in [0.717, 1.165) is 23.8 Å². The van der Waals surface area contributed by atoms with E-state index in [-0.39, 0.29) is 4.68 Å². The number of hydrogen-bond acceptors (Lipinski definition) is 2. The van der Waals surface area contributed by atoms with Crippen molar-refractivity contribution in [2.45, 2.75) is 26.2 Å². The Morgan fingerprint density at radius 1 is 0.967 bits per heavy atom. The molecule has 1 N–H and O–H groups in total. The maximum absolute atomic E-state index is 13.7. The Labute approximate surface area is 167 Å². The van der Waals surface area contributed by atoms with Crippen molar-refractivity contribution in [2.24, 2.45) is 0 Å². The Morgan fingerprint density at radius 3 is 2.27 bits per heavy atom. The number of hydrogen-bond donors (Lipinski definition) is 1. The number of amides is 1. The standard InChI is InChI=1S/C20H15F6N3O/c1-11-6-7-16(12(2)8-11)28-18(30)15-10-27-29(17(15)20(24,25)26)14-5-3-4-13(9-14)19(21,22)23/h3-10H,1-2H3,(H,28,30). The van der Waals surface area contributed by atoms with E-state index in [1.54, 1.807) is 25.1 Å². The highest BCUT2D eigenvalue weighted by atomic mass is 19.4. The molecular formula is C20H15F6N3O. The summed E-state index contributed by atoms with van der Waals surface area (Å²) in [4.78, 5) is 12.5. The summed E-state index contributed by atoms with van der Waals surface area (Å²) >= 11 is 0. The second-order valence-electron chi connectivity index (χ2n) is 6.64. The van der Waals surface area contributed by atoms with E-state index < -0.39 is 40.8 Å². The number of carbonyl (C=O) groups excluding carboxylic acids is 1. The Bertz CT molecular complexity index is 1100. The molecule has 158 valence electrons. The SMILES string of the molecule is Cc1ccc(NC(=O)c2cnn(-c3cccc(C(F)(F)F)c3)c2C(F)(F)F)c(C)c1. The molecule has 2 aromatic carbocycles. The van der Waals surface area contributed by atoms with Gasteiger partial charge < -0.3 is 5.32 Å². The molecule has 30 heavy (non-hydrogen) atoms. The first-order valence-corrected chi connectivity index (χ1v) is 8.59. The maximum Gasteiger partial charge on any atom is 0.434 e. The van der Waals surface area contributed by atoms with Gasteiger partial charge in [0.05, 0.1) is 23.0 Å². The van der Waals surface area contributed by atoms with Crippen molar-refractivity contribution < 1.29 is 31.1 Å². The first-order valence-electron chi connectivity index (χ1n) is 8.59. The number of anilines is 1. The van der Waals surface area contributed by atoms with Crippen LogP contribution in [-0.2, 0) is 12.4 Å². The number of alkyl halides is 6. The van der Waals surface area contributed by atoms with E-state index in [0.29, 0.717) is 23.5 Å². The van der Waals surface area contributed by atoms with Gasteiger partial charge in [-0.25, -0.2) is 4.68 Å². The smallest absolute Gasteiger partial charge is 0.322 e. The number of aryl methyl sites for hydroxylation is 2. The molecule has 0 radical (unpaired) electrons. The minimum atomic E-state index is -5.04. The number of rotatable bonds is 3. The number of nitrogens with zero attached hydrogens (tertiary/aromatic N) is 2. The van der Waals surface area contributed by atoms with Gasteiger partial charge in [0, 0.05) is 5.69 Å². The van der Waals surface area contributed by atoms with Gasteiger partial charge in [0.2, 0.25) is 0 Å². The largest absolute Gasteiger partial charge is 0.434 e. The van der Waals surface area contributed by atoms with Gasteiger partial charge in [0.1, 0.15) is 0 Å². The number of nitrogens with one attached hydrogen (secondary N) is 1. The predicted molar refractivity (Wildman–Crippen MR) is 97.4 cm³/mol. The number of halogens is 6. The molecule has 0 aliphatic carbocycles. The summed E-state index contributed by atoms with van der Waals surface area (Å²) in [5.74, 6) is -1.08. The summed E-state index contributed by atoms with van der Waals surface area (Å²) in [6, 6.07) is 8.25. The van der Waals surface area contributed by atoms with Crippen molar-refractivity contribution in [1.82, 2.24) is 9.78 Å². The summed E-state index contributed by atoms with van der Waals surface area (Å²) in [5.41, 5.74) is -2.02. The Balaban J connectivity index is 2.06. The monoisotopic (exact) mass is 427 g/mol. The Morgan fingerprint density at radius 2 is 1.67 bits per heavy atom. The zero-order valence-corrected chi connectivity index (χ0v) is 15.7. The van der Waals surface area contributed by atoms with Crippen molar-refractivity contribution in [2.75, 3.05) is 5.32 Å². The molecule has 0 saturated carbocycles. The van der Waals surface area contributed by atoms with E-state index in [9.17, 15) is 31.1 Å². The molecule has 0 atom stereocenters. The average Bonchev–Trinajstić information content (AvgIpc) is 3.09. The van der Waals surface area contributed by atoms with Crippen LogP contribution in [0.5, 0.6) is 0 Å². The van der Waals surface area contributed by atoms with Crippen LogP contribution in [0.1, 0.15) is 32.7 Å². The van der Waals surface area contributed by atoms with Crippen LogP contribution in [0, 0.1) is 13.8 Å². The van der Waals surface area contributed by atoms with Crippen LogP contribution in [0.25, 0.3) is 5.69 Å². The Kier molecular flexibility index (Phi) is 5.36. The van der Waals surface area contributed by atoms with E-state index in [1.165, 1.54) is 0 Å². The molecule has 0 bridgehead atoms. The van der Waals surface area contributed by atoms with Crippen LogP contribution < -0.4 is 5.32 Å². The van der Waals surface area contributed by atoms with Crippen LogP contribution in [0.2, 0.25) is 0 Å². The molecule has 1 amide bonds. The summed E-state index contributed by atoms with van der Waals surface area (Å²) in [5, 5.41) is 5.94. The van der Waals surface area contributed by atoms with Crippen LogP contribution in [0.15, 0.2) is 48.7 Å². The highest BCUT2D eigenvalue weighted by Gasteiger charge is 2.41. The third kappa shape index (κ3) is 4.32. The molecule has 1 heterocycles. The molecule has 3 rings (SSSR count). The van der Waals surface area contributed by atoms with E-state index in [2.05, 4.69) is 10.4 Å². The molecule has 0 fully saturated rings. The van der Waals surface area contributed by atoms with Crippen LogP contribution >= 0.6 is 0 Å². The normalized spacial score (nSPS) is 12.1. The second-order valence-corrected chi connectivity index (χ2v) is 6.64. The zero-order chi connectivity index (χ0) is 22.3. The first kappa shape index (κ1) is 21.4. The lowest BCUT2D eigenvalue weighted by atomic mass is 10.1. The van der Waals surface area contributed by atoms with Gasteiger partial charge in [-0.15, -0.1) is 0 Å². The summed E-state index contributed by atoms with van der Waals surface area (Å²) in [6.45, 7) is 3.50. The minimum absolute atomic E-state index is 0.284. The number of benzene rings is 2. The summed E-state index contributed by atoms with van der Waals surface area (Å²) in [7, 11) is 0. The third-order valence-electron chi connectivity index (χ3n) is 4.33. The topological polar surface area (TPSA) is 46.9 Å². The number of aromatic nitrogens is 2. The molecule has 0 aliphatic heterocycles. The quantitative estimate of drug-likeness (QED) is 0.539. The lowest BCUT2D eigenvalue weighted by molar-refractivity contribution is -0.143. The maximum atomic E-state index is 13.7. The van der Waals surface area contributed by atoms with E-state index in [1.807, 2.05) is 6.92 Å². The molecule has 10 heteroatoms. The van der Waals surface area contributed by atoms with Gasteiger partial charge in [-0.05, 0) is 43.7 Å². The fourth-order valence-electron chi connectivity index (χ4n) is 2.94. The highest BCUT2D eigenvalue weighted by Crippen LogP contribution is 2.36. The zero-order valence-electron chi connectivity index (χ0n) is 15.7. The van der Waals surface area contributed by atoms with Crippen molar-refractivity contribution >= 4 is 11.6 Å². The van der Waals surface area contributed by atoms with Crippen molar-refractivity contribution in [3.63, 3.8) is 0 Å². The van der Waals surface area contributed by atoms with Gasteiger partial charge in [0.15, 0.2) is 5.69 Å². The lowest BCUT2D eigenvalue weighted by Gasteiger charge is -2.15. The predicted octanol–water partition coefficient (Wildman–Crippen LogP) is 5.78. The van der Waals surface area contributed by atoms with E-state index >= 15 is 0 Å². The van der Waals surface area contributed by atoms with Crippen LogP contribution in [0.3, 0.4) is 0 Å². The second kappa shape index (κ2) is 7.51.